The van der Waals surface area contributed by atoms with Gasteiger partial charge in [0.2, 0.25) is 0 Å². The molecular formula is C9H15NO4S. The molecule has 1 saturated carbocycles. The molecule has 86 valence electrons. The minimum Gasteiger partial charge on any atom is -0.469 e. The van der Waals surface area contributed by atoms with Crippen molar-refractivity contribution in [1.82, 2.24) is 4.47 Å². The first kappa shape index (κ1) is 11.2. The van der Waals surface area contributed by atoms with Crippen molar-refractivity contribution in [2.24, 2.45) is 5.92 Å². The molecule has 3 atom stereocenters. The summed E-state index contributed by atoms with van der Waals surface area (Å²) in [5, 5.41) is 0. The molecule has 1 aliphatic carbocycles. The van der Waals surface area contributed by atoms with Crippen molar-refractivity contribution in [2.75, 3.05) is 14.2 Å². The van der Waals surface area contributed by atoms with E-state index in [1.54, 1.807) is 11.5 Å². The van der Waals surface area contributed by atoms with Crippen molar-refractivity contribution in [3.05, 3.63) is 0 Å². The van der Waals surface area contributed by atoms with Crippen LogP contribution < -0.4 is 0 Å². The molecule has 2 fully saturated rings. The number of carbonyl (C=O) groups excluding carboxylic acids is 1. The highest BCUT2D eigenvalue weighted by Gasteiger charge is 2.39. The molecular weight excluding hydrogens is 218 g/mol. The minimum absolute atomic E-state index is 0.0194. The molecule has 0 aromatic carbocycles. The lowest BCUT2D eigenvalue weighted by Gasteiger charge is -2.39. The highest BCUT2D eigenvalue weighted by atomic mass is 32.2. The van der Waals surface area contributed by atoms with Crippen molar-refractivity contribution in [3.8, 4) is 0 Å². The van der Waals surface area contributed by atoms with Crippen molar-refractivity contribution < 1.29 is 18.6 Å². The maximum atomic E-state index is 11.4. The molecule has 3 unspecified atom stereocenters. The molecule has 0 radical (unpaired) electrons. The summed E-state index contributed by atoms with van der Waals surface area (Å²) in [6.07, 6.45) is 2.44. The zero-order valence-electron chi connectivity index (χ0n) is 8.84. The molecule has 6 heteroatoms. The van der Waals surface area contributed by atoms with Crippen molar-refractivity contribution in [3.63, 3.8) is 0 Å². The Bertz CT molecular complexity index is 250. The zero-order chi connectivity index (χ0) is 10.8. The largest absolute Gasteiger partial charge is 0.469 e. The van der Waals surface area contributed by atoms with Gasteiger partial charge in [-0.3, -0.25) is 13.8 Å². The standard InChI is InChI=1S/C9H15NO4S/c1-10-13-8-5-6(9(11)12-2)3-4-7(8)14-15-10/h6-8H,3-5H2,1-2H3. The molecule has 0 aromatic rings. The van der Waals surface area contributed by atoms with E-state index in [9.17, 15) is 4.79 Å². The van der Waals surface area contributed by atoms with Gasteiger partial charge in [-0.25, -0.2) is 0 Å². The van der Waals surface area contributed by atoms with Gasteiger partial charge in [-0.1, -0.05) is 0 Å². The van der Waals surface area contributed by atoms with Gasteiger partial charge in [0.25, 0.3) is 0 Å². The van der Waals surface area contributed by atoms with E-state index in [2.05, 4.69) is 0 Å². The molecule has 1 aliphatic heterocycles. The Labute approximate surface area is 93.3 Å². The Morgan fingerprint density at radius 3 is 3.00 bits per heavy atom. The Morgan fingerprint density at radius 2 is 2.27 bits per heavy atom. The van der Waals surface area contributed by atoms with E-state index in [1.165, 1.54) is 19.3 Å². The first-order valence-corrected chi connectivity index (χ1v) is 5.72. The van der Waals surface area contributed by atoms with Gasteiger partial charge in [0.15, 0.2) is 0 Å². The molecule has 1 saturated heterocycles. The number of nitrogens with zero attached hydrogens (tertiary/aromatic N) is 1. The number of ether oxygens (including phenoxy) is 1. The SMILES string of the molecule is COC(=O)C1CCC2OSN(C)OC2C1. The summed E-state index contributed by atoms with van der Waals surface area (Å²) in [5.41, 5.74) is 0. The molecule has 0 amide bonds. The topological polar surface area (TPSA) is 48.0 Å². The quantitative estimate of drug-likeness (QED) is 0.385. The van der Waals surface area contributed by atoms with E-state index in [0.717, 1.165) is 12.8 Å². The van der Waals surface area contributed by atoms with Crippen LogP contribution in [0, 0.1) is 5.92 Å². The maximum Gasteiger partial charge on any atom is 0.308 e. The second-order valence-corrected chi connectivity index (χ2v) is 4.68. The number of hydrogen-bond acceptors (Lipinski definition) is 6. The molecule has 0 N–H and O–H groups in total. The van der Waals surface area contributed by atoms with Crippen LogP contribution in [0.15, 0.2) is 0 Å². The molecule has 5 nitrogen and oxygen atoms in total. The van der Waals surface area contributed by atoms with Gasteiger partial charge >= 0.3 is 5.97 Å². The molecule has 15 heavy (non-hydrogen) atoms. The average Bonchev–Trinajstić information content (AvgIpc) is 2.27. The molecule has 2 aliphatic rings. The molecule has 0 spiro atoms. The number of rotatable bonds is 1. The number of esters is 1. The number of methoxy groups -OCH3 is 1. The summed E-state index contributed by atoms with van der Waals surface area (Å²) in [6.45, 7) is 0. The fraction of sp³-hybridized carbons (Fsp3) is 0.889. The third-order valence-corrected chi connectivity index (χ3v) is 3.45. The lowest BCUT2D eigenvalue weighted by Crippen LogP contribution is -2.44. The minimum atomic E-state index is -0.141. The molecule has 0 bridgehead atoms. The summed E-state index contributed by atoms with van der Waals surface area (Å²) >= 11 is 1.21. The number of fused-ring (bicyclic) bond motifs is 1. The number of carbonyl (C=O) groups is 1. The smallest absolute Gasteiger partial charge is 0.308 e. The van der Waals surface area contributed by atoms with Crippen LogP contribution in [0.2, 0.25) is 0 Å². The van der Waals surface area contributed by atoms with Gasteiger partial charge in [-0.2, -0.15) is 0 Å². The van der Waals surface area contributed by atoms with Crippen molar-refractivity contribution >= 4 is 18.2 Å². The van der Waals surface area contributed by atoms with Gasteiger partial charge in [0.1, 0.15) is 24.4 Å². The van der Waals surface area contributed by atoms with Crippen LogP contribution in [-0.4, -0.2) is 36.8 Å². The highest BCUT2D eigenvalue weighted by molar-refractivity contribution is 7.92. The normalized spacial score (nSPS) is 37.1. The Hall–Kier alpha value is -0.300. The fourth-order valence-corrected chi connectivity index (χ4v) is 2.62. The van der Waals surface area contributed by atoms with E-state index in [1.807, 2.05) is 0 Å². The van der Waals surface area contributed by atoms with E-state index >= 15 is 0 Å². The Morgan fingerprint density at radius 1 is 1.47 bits per heavy atom. The van der Waals surface area contributed by atoms with Gasteiger partial charge in [-0.05, 0) is 19.3 Å². The van der Waals surface area contributed by atoms with Crippen LogP contribution >= 0.6 is 12.2 Å². The van der Waals surface area contributed by atoms with E-state index in [4.69, 9.17) is 13.8 Å². The van der Waals surface area contributed by atoms with E-state index < -0.39 is 0 Å². The summed E-state index contributed by atoms with van der Waals surface area (Å²) < 4.78 is 11.8. The van der Waals surface area contributed by atoms with Crippen LogP contribution in [0.3, 0.4) is 0 Å². The second-order valence-electron chi connectivity index (χ2n) is 3.83. The van der Waals surface area contributed by atoms with Crippen LogP contribution in [0.1, 0.15) is 19.3 Å². The van der Waals surface area contributed by atoms with Crippen LogP contribution in [0.25, 0.3) is 0 Å². The lowest BCUT2D eigenvalue weighted by molar-refractivity contribution is -0.192. The lowest BCUT2D eigenvalue weighted by atomic mass is 9.85. The van der Waals surface area contributed by atoms with E-state index in [-0.39, 0.29) is 24.1 Å². The number of hydroxylamine groups is 1. The Kier molecular flexibility index (Phi) is 3.50. The van der Waals surface area contributed by atoms with Gasteiger partial charge in [-0.15, -0.1) is 4.47 Å². The maximum absolute atomic E-state index is 11.4. The predicted octanol–water partition coefficient (Wildman–Crippen LogP) is 1.15. The summed E-state index contributed by atoms with van der Waals surface area (Å²) in [7, 11) is 3.22. The first-order chi connectivity index (χ1) is 7.20. The molecule has 0 aromatic heterocycles. The number of hydrogen-bond donors (Lipinski definition) is 0. The van der Waals surface area contributed by atoms with Crippen molar-refractivity contribution in [1.29, 1.82) is 0 Å². The van der Waals surface area contributed by atoms with E-state index in [0.29, 0.717) is 6.42 Å². The summed E-state index contributed by atoms with van der Waals surface area (Å²) in [4.78, 5) is 17.0. The summed E-state index contributed by atoms with van der Waals surface area (Å²) in [6, 6.07) is 0. The van der Waals surface area contributed by atoms with Gasteiger partial charge < -0.3 is 4.74 Å². The zero-order valence-corrected chi connectivity index (χ0v) is 9.66. The predicted molar refractivity (Wildman–Crippen MR) is 54.5 cm³/mol. The molecule has 1 heterocycles. The third-order valence-electron chi connectivity index (χ3n) is 2.82. The third kappa shape index (κ3) is 2.44. The first-order valence-electron chi connectivity index (χ1n) is 5.02. The van der Waals surface area contributed by atoms with Gasteiger partial charge in [0, 0.05) is 7.05 Å². The molecule has 2 rings (SSSR count). The van der Waals surface area contributed by atoms with Crippen LogP contribution in [-0.2, 0) is 18.6 Å². The highest BCUT2D eigenvalue weighted by Crippen LogP contribution is 2.36. The van der Waals surface area contributed by atoms with Crippen LogP contribution in [0.5, 0.6) is 0 Å². The second kappa shape index (κ2) is 4.69. The average molecular weight is 233 g/mol. The van der Waals surface area contributed by atoms with Crippen molar-refractivity contribution in [2.45, 2.75) is 31.5 Å². The fourth-order valence-electron chi connectivity index (χ4n) is 2.03. The summed E-state index contributed by atoms with van der Waals surface area (Å²) in [5.74, 6) is -0.186. The van der Waals surface area contributed by atoms with Gasteiger partial charge in [0.05, 0.1) is 13.0 Å². The monoisotopic (exact) mass is 233 g/mol. The Balaban J connectivity index is 1.94. The van der Waals surface area contributed by atoms with Crippen LogP contribution in [0.4, 0.5) is 0 Å².